The summed E-state index contributed by atoms with van der Waals surface area (Å²) in [6.45, 7) is 2.44. The number of hydrogen-bond acceptors (Lipinski definition) is 3. The standard InChI is InChI=1S/C18H18FNO3/c1-2-16(21)20-14-6-5-11(19)10-13(14)18-12(7-9-23-18)17(20)15-4-3-8-22-15/h3-6,8,10,12,17-18H,2,7,9H2,1H3/t12-,17+,18+/m1/s1. The molecule has 2 aliphatic heterocycles. The molecule has 1 saturated heterocycles. The Morgan fingerprint density at radius 3 is 3.00 bits per heavy atom. The predicted molar refractivity (Wildman–Crippen MR) is 82.4 cm³/mol. The van der Waals surface area contributed by atoms with Gasteiger partial charge in [-0.1, -0.05) is 6.92 Å². The van der Waals surface area contributed by atoms with Crippen molar-refractivity contribution in [2.45, 2.75) is 31.9 Å². The molecule has 5 heteroatoms. The first-order valence-corrected chi connectivity index (χ1v) is 7.97. The summed E-state index contributed by atoms with van der Waals surface area (Å²) in [5.41, 5.74) is 1.49. The normalized spacial score (nSPS) is 26.0. The highest BCUT2D eigenvalue weighted by Gasteiger charge is 2.48. The van der Waals surface area contributed by atoms with Gasteiger partial charge in [-0.15, -0.1) is 0 Å². The van der Waals surface area contributed by atoms with Crippen molar-refractivity contribution in [1.29, 1.82) is 0 Å². The molecule has 1 aromatic carbocycles. The maximum absolute atomic E-state index is 13.8. The van der Waals surface area contributed by atoms with Crippen LogP contribution in [0.1, 0.15) is 43.2 Å². The predicted octanol–water partition coefficient (Wildman–Crippen LogP) is 3.99. The summed E-state index contributed by atoms with van der Waals surface area (Å²) in [5.74, 6) is 0.524. The minimum atomic E-state index is -0.307. The Morgan fingerprint density at radius 1 is 1.39 bits per heavy atom. The number of ether oxygens (including phenoxy) is 1. The zero-order valence-corrected chi connectivity index (χ0v) is 12.9. The van der Waals surface area contributed by atoms with E-state index < -0.39 is 0 Å². The van der Waals surface area contributed by atoms with Gasteiger partial charge in [0.15, 0.2) is 0 Å². The van der Waals surface area contributed by atoms with Crippen molar-refractivity contribution in [3.8, 4) is 0 Å². The van der Waals surface area contributed by atoms with Crippen LogP contribution in [0.25, 0.3) is 0 Å². The lowest BCUT2D eigenvalue weighted by molar-refractivity contribution is -0.119. The Balaban J connectivity index is 1.91. The zero-order valence-electron chi connectivity index (χ0n) is 12.9. The highest BCUT2D eigenvalue weighted by Crippen LogP contribution is 2.53. The second kappa shape index (κ2) is 5.49. The minimum absolute atomic E-state index is 0.00427. The third-order valence-electron chi connectivity index (χ3n) is 4.78. The summed E-state index contributed by atoms with van der Waals surface area (Å²) in [6, 6.07) is 8.07. The Kier molecular flexibility index (Phi) is 3.45. The molecular weight excluding hydrogens is 297 g/mol. The largest absolute Gasteiger partial charge is 0.467 e. The van der Waals surface area contributed by atoms with Crippen LogP contribution in [0.2, 0.25) is 0 Å². The van der Waals surface area contributed by atoms with E-state index in [1.54, 1.807) is 17.2 Å². The fraction of sp³-hybridized carbons (Fsp3) is 0.389. The summed E-state index contributed by atoms with van der Waals surface area (Å²) in [6.07, 6.45) is 2.62. The van der Waals surface area contributed by atoms with E-state index in [0.29, 0.717) is 13.0 Å². The molecular formula is C18H18FNO3. The first-order chi connectivity index (χ1) is 11.2. The molecule has 23 heavy (non-hydrogen) atoms. The molecule has 2 aromatic rings. The summed E-state index contributed by atoms with van der Waals surface area (Å²) in [4.78, 5) is 14.4. The molecule has 0 N–H and O–H groups in total. The van der Waals surface area contributed by atoms with Gasteiger partial charge in [0.2, 0.25) is 5.91 Å². The molecule has 2 aliphatic rings. The van der Waals surface area contributed by atoms with E-state index in [9.17, 15) is 9.18 Å². The van der Waals surface area contributed by atoms with Crippen molar-refractivity contribution >= 4 is 11.6 Å². The van der Waals surface area contributed by atoms with Gasteiger partial charge in [0.25, 0.3) is 0 Å². The molecule has 0 radical (unpaired) electrons. The molecule has 120 valence electrons. The number of amides is 1. The van der Waals surface area contributed by atoms with Gasteiger partial charge in [0.05, 0.1) is 18.1 Å². The van der Waals surface area contributed by atoms with Crippen LogP contribution in [-0.2, 0) is 9.53 Å². The minimum Gasteiger partial charge on any atom is -0.467 e. The number of anilines is 1. The molecule has 4 rings (SSSR count). The molecule has 0 bridgehead atoms. The van der Waals surface area contributed by atoms with Gasteiger partial charge in [0, 0.05) is 24.5 Å². The van der Waals surface area contributed by atoms with E-state index in [0.717, 1.165) is 23.4 Å². The van der Waals surface area contributed by atoms with Gasteiger partial charge in [0.1, 0.15) is 17.6 Å². The van der Waals surface area contributed by atoms with Crippen molar-refractivity contribution in [3.63, 3.8) is 0 Å². The number of carbonyl (C=O) groups excluding carboxylic acids is 1. The van der Waals surface area contributed by atoms with Gasteiger partial charge in [-0.25, -0.2) is 4.39 Å². The average molecular weight is 315 g/mol. The number of fused-ring (bicyclic) bond motifs is 3. The molecule has 0 saturated carbocycles. The third-order valence-corrected chi connectivity index (χ3v) is 4.78. The number of rotatable bonds is 2. The molecule has 0 unspecified atom stereocenters. The molecule has 0 aliphatic carbocycles. The van der Waals surface area contributed by atoms with Crippen LogP contribution in [0, 0.1) is 11.7 Å². The van der Waals surface area contributed by atoms with Crippen molar-refractivity contribution < 1.29 is 18.3 Å². The van der Waals surface area contributed by atoms with Crippen LogP contribution in [0.15, 0.2) is 41.0 Å². The summed E-state index contributed by atoms with van der Waals surface area (Å²) >= 11 is 0. The van der Waals surface area contributed by atoms with Gasteiger partial charge in [-0.05, 0) is 36.8 Å². The van der Waals surface area contributed by atoms with Crippen LogP contribution in [-0.4, -0.2) is 12.5 Å². The zero-order chi connectivity index (χ0) is 16.0. The number of hydrogen-bond donors (Lipinski definition) is 0. The Bertz CT molecular complexity index is 728. The molecule has 0 spiro atoms. The van der Waals surface area contributed by atoms with Gasteiger partial charge < -0.3 is 14.1 Å². The average Bonchev–Trinajstić information content (AvgIpc) is 3.24. The van der Waals surface area contributed by atoms with Crippen molar-refractivity contribution in [2.75, 3.05) is 11.5 Å². The van der Waals surface area contributed by atoms with Crippen molar-refractivity contribution in [2.24, 2.45) is 5.92 Å². The Hall–Kier alpha value is -2.14. The van der Waals surface area contributed by atoms with Crippen molar-refractivity contribution in [1.82, 2.24) is 0 Å². The quantitative estimate of drug-likeness (QED) is 0.841. The maximum atomic E-state index is 13.8. The lowest BCUT2D eigenvalue weighted by Gasteiger charge is -2.42. The number of carbonyl (C=O) groups is 1. The van der Waals surface area contributed by atoms with E-state index in [2.05, 4.69) is 0 Å². The lowest BCUT2D eigenvalue weighted by Crippen LogP contribution is -2.43. The van der Waals surface area contributed by atoms with Crippen LogP contribution < -0.4 is 4.90 Å². The van der Waals surface area contributed by atoms with Crippen LogP contribution in [0.3, 0.4) is 0 Å². The van der Waals surface area contributed by atoms with E-state index >= 15 is 0 Å². The fourth-order valence-corrected chi connectivity index (χ4v) is 3.82. The first kappa shape index (κ1) is 14.5. The first-order valence-electron chi connectivity index (χ1n) is 7.97. The lowest BCUT2D eigenvalue weighted by atomic mass is 9.81. The number of benzene rings is 1. The van der Waals surface area contributed by atoms with E-state index in [-0.39, 0.29) is 29.8 Å². The van der Waals surface area contributed by atoms with Gasteiger partial charge in [-0.2, -0.15) is 0 Å². The molecule has 4 nitrogen and oxygen atoms in total. The highest BCUT2D eigenvalue weighted by molar-refractivity contribution is 5.95. The van der Waals surface area contributed by atoms with Crippen LogP contribution in [0.5, 0.6) is 0 Å². The molecule has 1 aromatic heterocycles. The number of halogens is 1. The molecule has 3 atom stereocenters. The summed E-state index contributed by atoms with van der Waals surface area (Å²) < 4.78 is 25.3. The van der Waals surface area contributed by atoms with Crippen molar-refractivity contribution in [3.05, 3.63) is 53.7 Å². The Morgan fingerprint density at radius 2 is 2.26 bits per heavy atom. The maximum Gasteiger partial charge on any atom is 0.227 e. The Labute approximate surface area is 133 Å². The second-order valence-corrected chi connectivity index (χ2v) is 6.02. The highest BCUT2D eigenvalue weighted by atomic mass is 19.1. The number of nitrogens with zero attached hydrogens (tertiary/aromatic N) is 1. The smallest absolute Gasteiger partial charge is 0.227 e. The third kappa shape index (κ3) is 2.18. The van der Waals surface area contributed by atoms with Gasteiger partial charge >= 0.3 is 0 Å². The second-order valence-electron chi connectivity index (χ2n) is 6.02. The monoisotopic (exact) mass is 315 g/mol. The topological polar surface area (TPSA) is 42.7 Å². The van der Waals surface area contributed by atoms with Gasteiger partial charge in [-0.3, -0.25) is 4.79 Å². The summed E-state index contributed by atoms with van der Waals surface area (Å²) in [7, 11) is 0. The molecule has 3 heterocycles. The van der Waals surface area contributed by atoms with E-state index in [4.69, 9.17) is 9.15 Å². The SMILES string of the molecule is CCC(=O)N1c2ccc(F)cc2[C@H]2OCC[C@@H]2[C@H]1c1ccco1. The summed E-state index contributed by atoms with van der Waals surface area (Å²) in [5, 5.41) is 0. The molecule has 1 fully saturated rings. The van der Waals surface area contributed by atoms with Crippen LogP contribution in [0.4, 0.5) is 10.1 Å². The molecule has 1 amide bonds. The van der Waals surface area contributed by atoms with Crippen LogP contribution >= 0.6 is 0 Å². The number of furan rings is 1. The van der Waals surface area contributed by atoms with E-state index in [1.165, 1.54) is 12.1 Å². The fourth-order valence-electron chi connectivity index (χ4n) is 3.82. The van der Waals surface area contributed by atoms with E-state index in [1.807, 2.05) is 19.1 Å².